The summed E-state index contributed by atoms with van der Waals surface area (Å²) in [6.07, 6.45) is 4.64. The van der Waals surface area contributed by atoms with E-state index in [2.05, 4.69) is 6.92 Å². The third-order valence-electron chi connectivity index (χ3n) is 3.64. The van der Waals surface area contributed by atoms with Gasteiger partial charge in [-0.25, -0.2) is 9.18 Å². The molecule has 0 aliphatic rings. The first-order chi connectivity index (χ1) is 11.7. The van der Waals surface area contributed by atoms with Gasteiger partial charge in [0.15, 0.2) is 0 Å². The van der Waals surface area contributed by atoms with Crippen molar-refractivity contribution in [1.82, 2.24) is 0 Å². The van der Waals surface area contributed by atoms with Crippen molar-refractivity contribution < 1.29 is 18.7 Å². The smallest absolute Gasteiger partial charge is 0.338 e. The molecule has 24 heavy (non-hydrogen) atoms. The van der Waals surface area contributed by atoms with Crippen LogP contribution >= 0.6 is 0 Å². The number of halogens is 1. The highest BCUT2D eigenvalue weighted by Crippen LogP contribution is 2.14. The summed E-state index contributed by atoms with van der Waals surface area (Å²) in [7, 11) is 0. The number of unbranched alkanes of at least 4 members (excludes halogenated alkanes) is 3. The van der Waals surface area contributed by atoms with E-state index in [0.717, 1.165) is 17.7 Å². The first kappa shape index (κ1) is 18.0. The second-order valence-corrected chi connectivity index (χ2v) is 5.64. The molecule has 2 aromatic carbocycles. The predicted octanol–water partition coefficient (Wildman–Crippen LogP) is 5.14. The zero-order valence-corrected chi connectivity index (χ0v) is 14.0. The number of rotatable bonds is 9. The highest BCUT2D eigenvalue weighted by atomic mass is 19.1. The molecule has 0 heterocycles. The molecule has 0 fully saturated rings. The van der Waals surface area contributed by atoms with Crippen molar-refractivity contribution in [2.75, 3.05) is 6.61 Å². The molecule has 0 saturated carbocycles. The molecule has 4 heteroatoms. The molecular formula is C20H23FO3. The van der Waals surface area contributed by atoms with Crippen molar-refractivity contribution in [3.63, 3.8) is 0 Å². The van der Waals surface area contributed by atoms with E-state index >= 15 is 0 Å². The van der Waals surface area contributed by atoms with Crippen LogP contribution in [-0.2, 0) is 11.3 Å². The van der Waals surface area contributed by atoms with E-state index in [1.165, 1.54) is 31.4 Å². The van der Waals surface area contributed by atoms with Gasteiger partial charge in [-0.15, -0.1) is 0 Å². The molecule has 0 N–H and O–H groups in total. The third kappa shape index (κ3) is 6.03. The van der Waals surface area contributed by atoms with E-state index in [1.54, 1.807) is 36.4 Å². The highest BCUT2D eigenvalue weighted by molar-refractivity contribution is 5.89. The number of carbonyl (C=O) groups excluding carboxylic acids is 1. The summed E-state index contributed by atoms with van der Waals surface area (Å²) < 4.78 is 23.7. The van der Waals surface area contributed by atoms with Crippen molar-refractivity contribution >= 4 is 5.97 Å². The maximum absolute atomic E-state index is 12.8. The van der Waals surface area contributed by atoms with Crippen LogP contribution in [-0.4, -0.2) is 12.6 Å². The molecule has 0 amide bonds. The molecule has 0 aliphatic carbocycles. The second kappa shape index (κ2) is 9.71. The topological polar surface area (TPSA) is 35.5 Å². The third-order valence-corrected chi connectivity index (χ3v) is 3.64. The van der Waals surface area contributed by atoms with Crippen molar-refractivity contribution in [3.05, 3.63) is 65.5 Å². The number of ether oxygens (including phenoxy) is 2. The summed E-state index contributed by atoms with van der Waals surface area (Å²) in [5.74, 6) is 0.0331. The zero-order valence-electron chi connectivity index (χ0n) is 14.0. The van der Waals surface area contributed by atoms with Crippen LogP contribution in [0.5, 0.6) is 5.75 Å². The lowest BCUT2D eigenvalue weighted by Gasteiger charge is -2.08. The lowest BCUT2D eigenvalue weighted by atomic mass is 10.2. The van der Waals surface area contributed by atoms with Crippen molar-refractivity contribution in [2.24, 2.45) is 0 Å². The average Bonchev–Trinajstić information content (AvgIpc) is 2.61. The Bertz CT molecular complexity index is 620. The molecule has 2 rings (SSSR count). The Labute approximate surface area is 142 Å². The number of hydrogen-bond acceptors (Lipinski definition) is 3. The lowest BCUT2D eigenvalue weighted by Crippen LogP contribution is -2.05. The quantitative estimate of drug-likeness (QED) is 0.471. The Hall–Kier alpha value is -2.36. The van der Waals surface area contributed by atoms with Crippen LogP contribution in [0.25, 0.3) is 0 Å². The van der Waals surface area contributed by atoms with Gasteiger partial charge in [0, 0.05) is 0 Å². The first-order valence-electron chi connectivity index (χ1n) is 8.33. The van der Waals surface area contributed by atoms with Crippen LogP contribution in [0.2, 0.25) is 0 Å². The molecule has 0 bridgehead atoms. The maximum Gasteiger partial charge on any atom is 0.338 e. The van der Waals surface area contributed by atoms with Gasteiger partial charge in [-0.2, -0.15) is 0 Å². The molecule has 0 unspecified atom stereocenters. The molecule has 0 aliphatic heterocycles. The molecular weight excluding hydrogens is 307 g/mol. The predicted molar refractivity (Wildman–Crippen MR) is 91.6 cm³/mol. The SMILES string of the molecule is CCCCCCOc1ccc(C(=O)OCc2ccc(F)cc2)cc1. The number of esters is 1. The van der Waals surface area contributed by atoms with E-state index in [9.17, 15) is 9.18 Å². The van der Waals surface area contributed by atoms with Gasteiger partial charge in [0.1, 0.15) is 18.2 Å². The summed E-state index contributed by atoms with van der Waals surface area (Å²) >= 11 is 0. The van der Waals surface area contributed by atoms with Crippen LogP contribution in [0, 0.1) is 5.82 Å². The Kier molecular flexibility index (Phi) is 7.27. The van der Waals surface area contributed by atoms with Crippen LogP contribution in [0.1, 0.15) is 48.5 Å². The Morgan fingerprint density at radius 3 is 2.33 bits per heavy atom. The summed E-state index contributed by atoms with van der Waals surface area (Å²) in [6.45, 7) is 2.98. The standard InChI is InChI=1S/C20H23FO3/c1-2-3-4-5-14-23-19-12-8-17(9-13-19)20(22)24-15-16-6-10-18(21)11-7-16/h6-13H,2-5,14-15H2,1H3. The van der Waals surface area contributed by atoms with E-state index in [0.29, 0.717) is 12.2 Å². The molecule has 0 saturated heterocycles. The van der Waals surface area contributed by atoms with Gasteiger partial charge in [-0.05, 0) is 48.4 Å². The van der Waals surface area contributed by atoms with Crippen LogP contribution in [0.3, 0.4) is 0 Å². The van der Waals surface area contributed by atoms with Crippen LogP contribution in [0.15, 0.2) is 48.5 Å². The van der Waals surface area contributed by atoms with E-state index in [1.807, 2.05) is 0 Å². The normalized spacial score (nSPS) is 10.4. The van der Waals surface area contributed by atoms with Gasteiger partial charge in [0.25, 0.3) is 0 Å². The van der Waals surface area contributed by atoms with Crippen molar-refractivity contribution in [3.8, 4) is 5.75 Å². The maximum atomic E-state index is 12.8. The average molecular weight is 330 g/mol. The molecule has 0 radical (unpaired) electrons. The molecule has 2 aromatic rings. The highest BCUT2D eigenvalue weighted by Gasteiger charge is 2.07. The largest absolute Gasteiger partial charge is 0.494 e. The fraction of sp³-hybridized carbons (Fsp3) is 0.350. The minimum atomic E-state index is -0.408. The molecule has 0 aromatic heterocycles. The fourth-order valence-electron chi connectivity index (χ4n) is 2.22. The van der Waals surface area contributed by atoms with Crippen molar-refractivity contribution in [2.45, 2.75) is 39.2 Å². The van der Waals surface area contributed by atoms with E-state index in [-0.39, 0.29) is 12.4 Å². The van der Waals surface area contributed by atoms with Gasteiger partial charge in [0.2, 0.25) is 0 Å². The number of carbonyl (C=O) groups is 1. The Morgan fingerprint density at radius 1 is 0.958 bits per heavy atom. The van der Waals surface area contributed by atoms with Gasteiger partial charge >= 0.3 is 5.97 Å². The summed E-state index contributed by atoms with van der Waals surface area (Å²) in [5, 5.41) is 0. The summed E-state index contributed by atoms with van der Waals surface area (Å²) in [4.78, 5) is 12.0. The van der Waals surface area contributed by atoms with Gasteiger partial charge < -0.3 is 9.47 Å². The fourth-order valence-corrected chi connectivity index (χ4v) is 2.22. The number of benzene rings is 2. The lowest BCUT2D eigenvalue weighted by molar-refractivity contribution is 0.0472. The second-order valence-electron chi connectivity index (χ2n) is 5.64. The first-order valence-corrected chi connectivity index (χ1v) is 8.33. The van der Waals surface area contributed by atoms with E-state index in [4.69, 9.17) is 9.47 Å². The molecule has 128 valence electrons. The van der Waals surface area contributed by atoms with E-state index < -0.39 is 5.97 Å². The van der Waals surface area contributed by atoms with Gasteiger partial charge in [-0.3, -0.25) is 0 Å². The van der Waals surface area contributed by atoms with Crippen molar-refractivity contribution in [1.29, 1.82) is 0 Å². The Morgan fingerprint density at radius 2 is 1.67 bits per heavy atom. The van der Waals surface area contributed by atoms with Crippen LogP contribution < -0.4 is 4.74 Å². The minimum Gasteiger partial charge on any atom is -0.494 e. The molecule has 3 nitrogen and oxygen atoms in total. The van der Waals surface area contributed by atoms with Gasteiger partial charge in [-0.1, -0.05) is 38.3 Å². The van der Waals surface area contributed by atoms with Crippen LogP contribution in [0.4, 0.5) is 4.39 Å². The molecule has 0 atom stereocenters. The Balaban J connectivity index is 1.77. The summed E-state index contributed by atoms with van der Waals surface area (Å²) in [6, 6.07) is 12.8. The number of hydrogen-bond donors (Lipinski definition) is 0. The molecule has 0 spiro atoms. The monoisotopic (exact) mass is 330 g/mol. The summed E-state index contributed by atoms with van der Waals surface area (Å²) in [5.41, 5.74) is 1.22. The zero-order chi connectivity index (χ0) is 17.2. The minimum absolute atomic E-state index is 0.120. The van der Waals surface area contributed by atoms with Gasteiger partial charge in [0.05, 0.1) is 12.2 Å².